The van der Waals surface area contributed by atoms with Gasteiger partial charge in [0.2, 0.25) is 0 Å². The molecule has 0 saturated carbocycles. The van der Waals surface area contributed by atoms with Crippen molar-refractivity contribution in [2.45, 2.75) is 6.61 Å². The third-order valence-electron chi connectivity index (χ3n) is 0.954. The molecular weight excluding hydrogens is 279 g/mol. The molecule has 0 bridgehead atoms. The first-order chi connectivity index (χ1) is 5.24. The monoisotopic (exact) mass is 284 g/mol. The Labute approximate surface area is 80.9 Å². The Balaban J connectivity index is 2.69. The molecule has 4 nitrogen and oxygen atoms in total. The summed E-state index contributed by atoms with van der Waals surface area (Å²) in [6.45, 7) is 0.598. The number of nitrogens with zero attached hydrogens (tertiary/aromatic N) is 1. The van der Waals surface area contributed by atoms with Gasteiger partial charge in [0.1, 0.15) is 12.3 Å². The molecule has 1 aromatic rings. The summed E-state index contributed by atoms with van der Waals surface area (Å²) in [4.78, 5) is 13.8. The molecule has 0 spiro atoms. The van der Waals surface area contributed by atoms with E-state index >= 15 is 0 Å². The molecule has 1 aromatic heterocycles. The van der Waals surface area contributed by atoms with Crippen molar-refractivity contribution in [1.29, 1.82) is 0 Å². The van der Waals surface area contributed by atoms with Gasteiger partial charge >= 0.3 is 0 Å². The topological polar surface area (TPSA) is 65.2 Å². The number of nitrogens with two attached hydrogens (primary N) is 1. The second-order valence-corrected chi connectivity index (χ2v) is 4.52. The zero-order chi connectivity index (χ0) is 8.27. The molecule has 60 valence electrons. The molecule has 6 heteroatoms. The van der Waals surface area contributed by atoms with Crippen molar-refractivity contribution in [2.75, 3.05) is 5.73 Å². The van der Waals surface area contributed by atoms with E-state index in [0.29, 0.717) is 11.6 Å². The minimum Gasteiger partial charge on any atom is -0.461 e. The van der Waals surface area contributed by atoms with Crippen LogP contribution in [0.25, 0.3) is 0 Å². The fourth-order valence-electron chi connectivity index (χ4n) is 0.552. The fourth-order valence-corrected chi connectivity index (χ4v) is 2.07. The molecule has 11 heavy (non-hydrogen) atoms. The molecule has 0 aliphatic rings. The summed E-state index contributed by atoms with van der Waals surface area (Å²) in [6, 6.07) is 0. The van der Waals surface area contributed by atoms with Gasteiger partial charge in [-0.3, -0.25) is 4.79 Å². The van der Waals surface area contributed by atoms with Gasteiger partial charge in [0.15, 0.2) is 5.13 Å². The first-order valence-electron chi connectivity index (χ1n) is 2.70. The van der Waals surface area contributed by atoms with E-state index in [4.69, 9.17) is 5.73 Å². The fraction of sp³-hybridized carbons (Fsp3) is 0.200. The van der Waals surface area contributed by atoms with Crippen molar-refractivity contribution in [3.8, 4) is 0 Å². The van der Waals surface area contributed by atoms with E-state index in [-0.39, 0.29) is 6.61 Å². The first-order valence-corrected chi connectivity index (χ1v) is 4.59. The van der Waals surface area contributed by atoms with Crippen LogP contribution < -0.4 is 5.73 Å². The molecular formula is C5H5IN2O2S. The number of ether oxygens (including phenoxy) is 1. The van der Waals surface area contributed by atoms with Gasteiger partial charge in [0.05, 0.1) is 2.88 Å². The van der Waals surface area contributed by atoms with Crippen molar-refractivity contribution in [1.82, 2.24) is 4.98 Å². The standard InChI is InChI=1S/C5H5IN2O2S/c6-4-3(1-10-2-9)8-5(7)11-4/h2H,1H2,(H2,7,8). The van der Waals surface area contributed by atoms with Crippen LogP contribution >= 0.6 is 33.9 Å². The normalized spacial score (nSPS) is 9.55. The van der Waals surface area contributed by atoms with Gasteiger partial charge in [-0.05, 0) is 22.6 Å². The Bertz CT molecular complexity index is 263. The number of hydrogen-bond donors (Lipinski definition) is 1. The van der Waals surface area contributed by atoms with Crippen LogP contribution in [0.5, 0.6) is 0 Å². The van der Waals surface area contributed by atoms with E-state index in [1.807, 2.05) is 0 Å². The van der Waals surface area contributed by atoms with Gasteiger partial charge in [0, 0.05) is 0 Å². The minimum atomic E-state index is 0.204. The van der Waals surface area contributed by atoms with Gasteiger partial charge in [-0.25, -0.2) is 4.98 Å². The van der Waals surface area contributed by atoms with E-state index < -0.39 is 0 Å². The van der Waals surface area contributed by atoms with Crippen molar-refractivity contribution < 1.29 is 9.53 Å². The quantitative estimate of drug-likeness (QED) is 0.664. The summed E-state index contributed by atoms with van der Waals surface area (Å²) in [7, 11) is 0. The Hall–Kier alpha value is -0.370. The third-order valence-corrected chi connectivity index (χ3v) is 2.95. The smallest absolute Gasteiger partial charge is 0.293 e. The predicted molar refractivity (Wildman–Crippen MR) is 50.1 cm³/mol. The van der Waals surface area contributed by atoms with Gasteiger partial charge in [0.25, 0.3) is 6.47 Å². The molecule has 0 aliphatic carbocycles. The van der Waals surface area contributed by atoms with E-state index in [1.54, 1.807) is 0 Å². The van der Waals surface area contributed by atoms with E-state index in [0.717, 1.165) is 8.58 Å². The maximum absolute atomic E-state index is 9.82. The number of halogens is 1. The lowest BCUT2D eigenvalue weighted by Gasteiger charge is -1.92. The average molecular weight is 284 g/mol. The number of carbonyl (C=O) groups excluding carboxylic acids is 1. The second kappa shape index (κ2) is 3.86. The van der Waals surface area contributed by atoms with E-state index in [9.17, 15) is 4.79 Å². The molecule has 2 N–H and O–H groups in total. The number of hydrogen-bond acceptors (Lipinski definition) is 5. The summed E-state index contributed by atoms with van der Waals surface area (Å²) in [5.41, 5.74) is 6.13. The molecule has 0 amide bonds. The highest BCUT2D eigenvalue weighted by molar-refractivity contribution is 14.1. The highest BCUT2D eigenvalue weighted by Gasteiger charge is 2.05. The number of aromatic nitrogens is 1. The van der Waals surface area contributed by atoms with Crippen molar-refractivity contribution in [2.24, 2.45) is 0 Å². The summed E-state index contributed by atoms with van der Waals surface area (Å²) in [5.74, 6) is 0. The highest BCUT2D eigenvalue weighted by Crippen LogP contribution is 2.22. The zero-order valence-electron chi connectivity index (χ0n) is 5.41. The number of anilines is 1. The van der Waals surface area contributed by atoms with Crippen LogP contribution in [0, 0.1) is 2.88 Å². The molecule has 0 saturated heterocycles. The molecule has 0 atom stereocenters. The largest absolute Gasteiger partial charge is 0.461 e. The maximum Gasteiger partial charge on any atom is 0.293 e. The molecule has 0 fully saturated rings. The highest BCUT2D eigenvalue weighted by atomic mass is 127. The molecule has 0 radical (unpaired) electrons. The average Bonchev–Trinajstić information content (AvgIpc) is 2.26. The summed E-state index contributed by atoms with van der Waals surface area (Å²) in [6.07, 6.45) is 0. The zero-order valence-corrected chi connectivity index (χ0v) is 8.39. The van der Waals surface area contributed by atoms with Crippen LogP contribution in [0.4, 0.5) is 5.13 Å². The lowest BCUT2D eigenvalue weighted by molar-refractivity contribution is -0.129. The van der Waals surface area contributed by atoms with Crippen molar-refractivity contribution >= 4 is 45.5 Å². The van der Waals surface area contributed by atoms with Crippen LogP contribution in [0.1, 0.15) is 5.69 Å². The molecule has 0 aromatic carbocycles. The van der Waals surface area contributed by atoms with E-state index in [1.165, 1.54) is 11.3 Å². The summed E-state index contributed by atoms with van der Waals surface area (Å²) < 4.78 is 5.48. The Kier molecular flexibility index (Phi) is 3.06. The molecule has 1 heterocycles. The van der Waals surface area contributed by atoms with Crippen LogP contribution in [0.2, 0.25) is 0 Å². The van der Waals surface area contributed by atoms with Crippen LogP contribution in [-0.4, -0.2) is 11.5 Å². The molecule has 1 rings (SSSR count). The maximum atomic E-state index is 9.82. The number of nitrogen functional groups attached to an aromatic ring is 1. The third kappa shape index (κ3) is 2.29. The van der Waals surface area contributed by atoms with Crippen molar-refractivity contribution in [3.05, 3.63) is 8.58 Å². The lowest BCUT2D eigenvalue weighted by atomic mass is 10.5. The van der Waals surface area contributed by atoms with Crippen molar-refractivity contribution in [3.63, 3.8) is 0 Å². The van der Waals surface area contributed by atoms with Crippen LogP contribution in [0.3, 0.4) is 0 Å². The van der Waals surface area contributed by atoms with Crippen LogP contribution in [-0.2, 0) is 16.1 Å². The van der Waals surface area contributed by atoms with Crippen LogP contribution in [0.15, 0.2) is 0 Å². The predicted octanol–water partition coefficient (Wildman–Crippen LogP) is 1.00. The van der Waals surface area contributed by atoms with Gasteiger partial charge < -0.3 is 10.5 Å². The molecule has 0 aliphatic heterocycles. The lowest BCUT2D eigenvalue weighted by Crippen LogP contribution is -1.92. The van der Waals surface area contributed by atoms with Gasteiger partial charge in [-0.15, -0.1) is 0 Å². The summed E-state index contributed by atoms with van der Waals surface area (Å²) >= 11 is 3.48. The second-order valence-electron chi connectivity index (χ2n) is 1.68. The number of carbonyl (C=O) groups is 1. The van der Waals surface area contributed by atoms with Gasteiger partial charge in [-0.2, -0.15) is 0 Å². The SMILES string of the molecule is Nc1nc(COC=O)c(I)s1. The Morgan fingerprint density at radius 1 is 1.82 bits per heavy atom. The minimum absolute atomic E-state index is 0.204. The molecule has 0 unspecified atom stereocenters. The Morgan fingerprint density at radius 2 is 2.55 bits per heavy atom. The van der Waals surface area contributed by atoms with Gasteiger partial charge in [-0.1, -0.05) is 11.3 Å². The number of thiazole rings is 1. The Morgan fingerprint density at radius 3 is 3.00 bits per heavy atom. The first kappa shape index (κ1) is 8.72. The summed E-state index contributed by atoms with van der Waals surface area (Å²) in [5, 5.41) is 0.499. The number of rotatable bonds is 3. The van der Waals surface area contributed by atoms with E-state index in [2.05, 4.69) is 32.3 Å².